The van der Waals surface area contributed by atoms with E-state index >= 15 is 0 Å². The van der Waals surface area contributed by atoms with E-state index in [-0.39, 0.29) is 12.5 Å². The minimum atomic E-state index is -0.143. The lowest BCUT2D eigenvalue weighted by Gasteiger charge is -2.11. The zero-order valence-electron chi connectivity index (χ0n) is 18.6. The highest BCUT2D eigenvalue weighted by Gasteiger charge is 2.04. The highest BCUT2D eigenvalue weighted by molar-refractivity contribution is 5.93. The van der Waals surface area contributed by atoms with Crippen LogP contribution in [0, 0.1) is 0 Å². The van der Waals surface area contributed by atoms with Gasteiger partial charge in [-0.2, -0.15) is 0 Å². The molecular weight excluding hydrogens is 428 g/mol. The van der Waals surface area contributed by atoms with Gasteiger partial charge in [0.2, 0.25) is 5.91 Å². The molecule has 6 nitrogen and oxygen atoms in total. The quantitative estimate of drug-likeness (QED) is 0.273. The van der Waals surface area contributed by atoms with Crippen molar-refractivity contribution in [2.24, 2.45) is 0 Å². The normalized spacial score (nSPS) is 10.2. The van der Waals surface area contributed by atoms with Crippen LogP contribution in [0.15, 0.2) is 109 Å². The summed E-state index contributed by atoms with van der Waals surface area (Å²) in [7, 11) is 0. The van der Waals surface area contributed by atoms with Gasteiger partial charge in [0.15, 0.2) is 0 Å². The van der Waals surface area contributed by atoms with Crippen molar-refractivity contribution in [2.45, 2.75) is 0 Å². The number of nitrogens with one attached hydrogen (secondary N) is 2. The summed E-state index contributed by atoms with van der Waals surface area (Å²) in [5.41, 5.74) is 1.53. The molecule has 6 heteroatoms. The third kappa shape index (κ3) is 7.31. The third-order valence-corrected chi connectivity index (χ3v) is 4.79. The zero-order chi connectivity index (χ0) is 23.4. The lowest BCUT2D eigenvalue weighted by Crippen LogP contribution is -2.21. The van der Waals surface area contributed by atoms with Crippen LogP contribution in [0.4, 0.5) is 11.4 Å². The fourth-order valence-electron chi connectivity index (χ4n) is 3.12. The lowest BCUT2D eigenvalue weighted by molar-refractivity contribution is -0.114. The number of anilines is 2. The first-order valence-electron chi connectivity index (χ1n) is 11.0. The molecule has 0 aliphatic heterocycles. The molecular formula is C28H26N2O4. The summed E-state index contributed by atoms with van der Waals surface area (Å²) in [6.45, 7) is 1.05. The molecule has 0 atom stereocenters. The van der Waals surface area contributed by atoms with Crippen LogP contribution in [0.25, 0.3) is 0 Å². The molecule has 4 aromatic carbocycles. The molecule has 34 heavy (non-hydrogen) atoms. The van der Waals surface area contributed by atoms with Crippen molar-refractivity contribution >= 4 is 17.3 Å². The number of carbonyl (C=O) groups is 1. The van der Waals surface area contributed by atoms with E-state index in [1.165, 1.54) is 0 Å². The molecule has 4 aromatic rings. The summed E-state index contributed by atoms with van der Waals surface area (Å²) in [5.74, 6) is 2.89. The fourth-order valence-corrected chi connectivity index (χ4v) is 3.12. The monoisotopic (exact) mass is 454 g/mol. The van der Waals surface area contributed by atoms with Gasteiger partial charge in [0.05, 0.1) is 6.54 Å². The second kappa shape index (κ2) is 12.0. The number of para-hydroxylation sites is 2. The molecule has 0 aliphatic rings. The first-order valence-corrected chi connectivity index (χ1v) is 11.0. The van der Waals surface area contributed by atoms with Crippen molar-refractivity contribution in [3.8, 4) is 23.0 Å². The maximum Gasteiger partial charge on any atom is 0.243 e. The average molecular weight is 455 g/mol. The summed E-state index contributed by atoms with van der Waals surface area (Å²) >= 11 is 0. The maximum absolute atomic E-state index is 12.3. The number of amides is 1. The predicted molar refractivity (Wildman–Crippen MR) is 134 cm³/mol. The van der Waals surface area contributed by atoms with Crippen molar-refractivity contribution in [1.82, 2.24) is 0 Å². The standard InChI is InChI=1S/C28H26N2O4/c31-28(30-23-13-17-27(18-14-23)34-26-9-5-2-6-10-26)21-29-22-11-15-25(16-12-22)33-20-19-32-24-7-3-1-4-8-24/h1-18,29H,19-21H2,(H,30,31). The van der Waals surface area contributed by atoms with Gasteiger partial charge in [0.1, 0.15) is 36.2 Å². The Hall–Kier alpha value is -4.45. The molecule has 0 heterocycles. The molecule has 4 rings (SSSR count). The van der Waals surface area contributed by atoms with Crippen molar-refractivity contribution in [2.75, 3.05) is 30.4 Å². The second-order valence-corrected chi connectivity index (χ2v) is 7.38. The van der Waals surface area contributed by atoms with Crippen LogP contribution < -0.4 is 24.8 Å². The Morgan fingerprint density at radius 1 is 0.559 bits per heavy atom. The number of ether oxygens (including phenoxy) is 3. The third-order valence-electron chi connectivity index (χ3n) is 4.79. The highest BCUT2D eigenvalue weighted by Crippen LogP contribution is 2.22. The van der Waals surface area contributed by atoms with Gasteiger partial charge in [0, 0.05) is 11.4 Å². The molecule has 172 valence electrons. The van der Waals surface area contributed by atoms with E-state index in [1.807, 2.05) is 109 Å². The Bertz CT molecular complexity index is 1150. The Morgan fingerprint density at radius 3 is 1.65 bits per heavy atom. The Morgan fingerprint density at radius 2 is 1.03 bits per heavy atom. The molecule has 0 fully saturated rings. The minimum Gasteiger partial charge on any atom is -0.490 e. The average Bonchev–Trinajstić information content (AvgIpc) is 2.88. The zero-order valence-corrected chi connectivity index (χ0v) is 18.6. The number of hydrogen-bond donors (Lipinski definition) is 2. The van der Waals surface area contributed by atoms with E-state index in [1.54, 1.807) is 0 Å². The van der Waals surface area contributed by atoms with Gasteiger partial charge in [-0.25, -0.2) is 0 Å². The van der Waals surface area contributed by atoms with Crippen molar-refractivity contribution < 1.29 is 19.0 Å². The molecule has 0 saturated carbocycles. The van der Waals surface area contributed by atoms with Gasteiger partial charge in [-0.1, -0.05) is 36.4 Å². The second-order valence-electron chi connectivity index (χ2n) is 7.38. The maximum atomic E-state index is 12.3. The number of carbonyl (C=O) groups excluding carboxylic acids is 1. The van der Waals surface area contributed by atoms with Crippen LogP contribution in [0.2, 0.25) is 0 Å². The van der Waals surface area contributed by atoms with Gasteiger partial charge >= 0.3 is 0 Å². The predicted octanol–water partition coefficient (Wildman–Crippen LogP) is 5.99. The summed E-state index contributed by atoms with van der Waals surface area (Å²) in [6, 6.07) is 33.9. The molecule has 2 N–H and O–H groups in total. The topological polar surface area (TPSA) is 68.8 Å². The Labute approximate surface area is 199 Å². The van der Waals surface area contributed by atoms with Gasteiger partial charge in [-0.15, -0.1) is 0 Å². The van der Waals surface area contributed by atoms with Gasteiger partial charge < -0.3 is 24.8 Å². The van der Waals surface area contributed by atoms with Crippen molar-refractivity contribution in [3.63, 3.8) is 0 Å². The molecule has 0 aromatic heterocycles. The van der Waals surface area contributed by atoms with Crippen LogP contribution in [0.5, 0.6) is 23.0 Å². The van der Waals surface area contributed by atoms with Gasteiger partial charge in [-0.05, 0) is 72.8 Å². The van der Waals surface area contributed by atoms with Gasteiger partial charge in [-0.3, -0.25) is 4.79 Å². The summed E-state index contributed by atoms with van der Waals surface area (Å²) in [5, 5.41) is 5.97. The summed E-state index contributed by atoms with van der Waals surface area (Å²) in [4.78, 5) is 12.3. The van der Waals surface area contributed by atoms with E-state index in [4.69, 9.17) is 14.2 Å². The number of benzene rings is 4. The largest absolute Gasteiger partial charge is 0.490 e. The van der Waals surface area contributed by atoms with Crippen LogP contribution in [-0.2, 0) is 4.79 Å². The van der Waals surface area contributed by atoms with Crippen LogP contribution >= 0.6 is 0 Å². The van der Waals surface area contributed by atoms with E-state index in [9.17, 15) is 4.79 Å². The van der Waals surface area contributed by atoms with E-state index in [0.29, 0.717) is 24.7 Å². The Kier molecular flexibility index (Phi) is 8.00. The van der Waals surface area contributed by atoms with E-state index < -0.39 is 0 Å². The summed E-state index contributed by atoms with van der Waals surface area (Å²) in [6.07, 6.45) is 0. The number of hydrogen-bond acceptors (Lipinski definition) is 5. The lowest BCUT2D eigenvalue weighted by atomic mass is 10.3. The summed E-state index contributed by atoms with van der Waals surface area (Å²) < 4.78 is 17.1. The van der Waals surface area contributed by atoms with E-state index in [0.717, 1.165) is 22.9 Å². The molecule has 0 bridgehead atoms. The van der Waals surface area contributed by atoms with Crippen molar-refractivity contribution in [1.29, 1.82) is 0 Å². The smallest absolute Gasteiger partial charge is 0.243 e. The van der Waals surface area contributed by atoms with Crippen LogP contribution in [-0.4, -0.2) is 25.7 Å². The molecule has 0 aliphatic carbocycles. The van der Waals surface area contributed by atoms with E-state index in [2.05, 4.69) is 10.6 Å². The van der Waals surface area contributed by atoms with Crippen LogP contribution in [0.1, 0.15) is 0 Å². The molecule has 0 spiro atoms. The molecule has 0 unspecified atom stereocenters. The first kappa shape index (κ1) is 22.7. The SMILES string of the molecule is O=C(CNc1ccc(OCCOc2ccccc2)cc1)Nc1ccc(Oc2ccccc2)cc1. The fraction of sp³-hybridized carbons (Fsp3) is 0.107. The minimum absolute atomic E-state index is 0.143. The first-order chi connectivity index (χ1) is 16.7. The van der Waals surface area contributed by atoms with Gasteiger partial charge in [0.25, 0.3) is 0 Å². The highest BCUT2D eigenvalue weighted by atomic mass is 16.5. The van der Waals surface area contributed by atoms with Crippen molar-refractivity contribution in [3.05, 3.63) is 109 Å². The molecule has 0 radical (unpaired) electrons. The van der Waals surface area contributed by atoms with Crippen LogP contribution in [0.3, 0.4) is 0 Å². The molecule has 0 saturated heterocycles. The number of rotatable bonds is 11. The Balaban J connectivity index is 1.16. The molecule has 1 amide bonds.